The second-order valence-electron chi connectivity index (χ2n) is 4.30. The van der Waals surface area contributed by atoms with E-state index in [0.29, 0.717) is 0 Å². The van der Waals surface area contributed by atoms with Gasteiger partial charge in [0.05, 0.1) is 6.26 Å². The van der Waals surface area contributed by atoms with E-state index >= 15 is 0 Å². The minimum atomic E-state index is 0.912. The van der Waals surface area contributed by atoms with Gasteiger partial charge in [-0.3, -0.25) is 4.90 Å². The highest BCUT2D eigenvalue weighted by atomic mass is 79.9. The largest absolute Gasteiger partial charge is 0.469 e. The number of aryl methyl sites for hydroxylation is 1. The van der Waals surface area contributed by atoms with Gasteiger partial charge in [-0.15, -0.1) is 0 Å². The lowest BCUT2D eigenvalue weighted by Gasteiger charge is -2.16. The fourth-order valence-electron chi connectivity index (χ4n) is 1.87. The van der Waals surface area contributed by atoms with Crippen molar-refractivity contribution in [3.63, 3.8) is 0 Å². The van der Waals surface area contributed by atoms with Crippen LogP contribution in [0.4, 0.5) is 0 Å². The number of hydrogen-bond acceptors (Lipinski definition) is 2. The molecule has 0 saturated carbocycles. The van der Waals surface area contributed by atoms with Crippen LogP contribution in [0.2, 0.25) is 0 Å². The van der Waals surface area contributed by atoms with Crippen molar-refractivity contribution in [2.75, 3.05) is 7.05 Å². The predicted molar refractivity (Wildman–Crippen MR) is 72.8 cm³/mol. The molecular formula is C14H16BrNO. The molecule has 0 radical (unpaired) electrons. The van der Waals surface area contributed by atoms with Crippen LogP contribution in [-0.2, 0) is 13.1 Å². The Kier molecular flexibility index (Phi) is 4.02. The lowest BCUT2D eigenvalue weighted by atomic mass is 10.2. The second kappa shape index (κ2) is 5.52. The van der Waals surface area contributed by atoms with Crippen LogP contribution in [0, 0.1) is 6.92 Å². The van der Waals surface area contributed by atoms with Gasteiger partial charge in [0.1, 0.15) is 5.76 Å². The summed E-state index contributed by atoms with van der Waals surface area (Å²) >= 11 is 3.49. The molecule has 0 N–H and O–H groups in total. The van der Waals surface area contributed by atoms with Crippen molar-refractivity contribution < 1.29 is 4.42 Å². The molecule has 2 aromatic rings. The summed E-state index contributed by atoms with van der Waals surface area (Å²) in [5.41, 5.74) is 2.56. The van der Waals surface area contributed by atoms with E-state index in [2.05, 4.69) is 46.1 Å². The molecule has 0 unspecified atom stereocenters. The van der Waals surface area contributed by atoms with Gasteiger partial charge in [-0.1, -0.05) is 28.1 Å². The molecule has 0 aliphatic rings. The highest BCUT2D eigenvalue weighted by Gasteiger charge is 2.06. The van der Waals surface area contributed by atoms with Crippen molar-refractivity contribution in [2.24, 2.45) is 0 Å². The maximum absolute atomic E-state index is 5.30. The van der Waals surface area contributed by atoms with E-state index in [1.54, 1.807) is 6.26 Å². The number of rotatable bonds is 4. The first-order chi connectivity index (χ1) is 8.15. The van der Waals surface area contributed by atoms with Gasteiger partial charge >= 0.3 is 0 Å². The zero-order chi connectivity index (χ0) is 12.3. The summed E-state index contributed by atoms with van der Waals surface area (Å²) in [6, 6.07) is 10.4. The van der Waals surface area contributed by atoms with Crippen molar-refractivity contribution in [3.05, 3.63) is 58.0 Å². The molecular weight excluding hydrogens is 278 g/mol. The van der Waals surface area contributed by atoms with Crippen LogP contribution in [0.5, 0.6) is 0 Å². The van der Waals surface area contributed by atoms with Crippen LogP contribution >= 0.6 is 15.9 Å². The first-order valence-electron chi connectivity index (χ1n) is 5.61. The van der Waals surface area contributed by atoms with Crippen molar-refractivity contribution in [3.8, 4) is 0 Å². The molecule has 0 amide bonds. The number of halogens is 1. The van der Waals surface area contributed by atoms with Gasteiger partial charge < -0.3 is 4.42 Å². The average molecular weight is 294 g/mol. The van der Waals surface area contributed by atoms with E-state index < -0.39 is 0 Å². The first-order valence-corrected chi connectivity index (χ1v) is 6.40. The Hall–Kier alpha value is -1.06. The topological polar surface area (TPSA) is 16.4 Å². The Labute approximate surface area is 110 Å². The number of benzene rings is 1. The summed E-state index contributed by atoms with van der Waals surface area (Å²) in [5, 5.41) is 0. The Morgan fingerprint density at radius 2 is 2.06 bits per heavy atom. The maximum Gasteiger partial charge on any atom is 0.105 e. The van der Waals surface area contributed by atoms with Gasteiger partial charge in [-0.2, -0.15) is 0 Å². The molecule has 0 bridgehead atoms. The van der Waals surface area contributed by atoms with Crippen molar-refractivity contribution >= 4 is 15.9 Å². The van der Waals surface area contributed by atoms with Crippen LogP contribution in [0.3, 0.4) is 0 Å². The highest BCUT2D eigenvalue weighted by molar-refractivity contribution is 9.10. The zero-order valence-corrected chi connectivity index (χ0v) is 11.7. The van der Waals surface area contributed by atoms with Gasteiger partial charge in [-0.25, -0.2) is 0 Å². The molecule has 0 saturated heterocycles. The first kappa shape index (κ1) is 12.4. The molecule has 1 aromatic heterocycles. The lowest BCUT2D eigenvalue weighted by molar-refractivity contribution is 0.316. The summed E-state index contributed by atoms with van der Waals surface area (Å²) in [6.07, 6.45) is 1.75. The van der Waals surface area contributed by atoms with Gasteiger partial charge in [0.15, 0.2) is 0 Å². The number of nitrogens with zero attached hydrogens (tertiary/aromatic N) is 1. The van der Waals surface area contributed by atoms with E-state index in [-0.39, 0.29) is 0 Å². The summed E-state index contributed by atoms with van der Waals surface area (Å²) in [5.74, 6) is 1.01. The molecule has 1 aromatic carbocycles. The summed E-state index contributed by atoms with van der Waals surface area (Å²) in [7, 11) is 2.12. The molecule has 0 fully saturated rings. The molecule has 3 heteroatoms. The minimum absolute atomic E-state index is 0.912. The minimum Gasteiger partial charge on any atom is -0.469 e. The highest BCUT2D eigenvalue weighted by Crippen LogP contribution is 2.15. The summed E-state index contributed by atoms with van der Waals surface area (Å²) < 4.78 is 6.43. The van der Waals surface area contributed by atoms with Crippen LogP contribution < -0.4 is 0 Å². The van der Waals surface area contributed by atoms with Gasteiger partial charge in [-0.05, 0) is 37.7 Å². The molecule has 0 aliphatic carbocycles. The van der Waals surface area contributed by atoms with Crippen LogP contribution in [-0.4, -0.2) is 11.9 Å². The normalized spacial score (nSPS) is 11.1. The number of hydrogen-bond donors (Lipinski definition) is 0. The van der Waals surface area contributed by atoms with Gasteiger partial charge in [0.2, 0.25) is 0 Å². The van der Waals surface area contributed by atoms with Crippen molar-refractivity contribution in [1.82, 2.24) is 4.90 Å². The third-order valence-electron chi connectivity index (χ3n) is 2.75. The molecule has 2 rings (SSSR count). The van der Waals surface area contributed by atoms with Crippen LogP contribution in [0.15, 0.2) is 45.5 Å². The van der Waals surface area contributed by atoms with E-state index in [1.165, 1.54) is 11.1 Å². The van der Waals surface area contributed by atoms with E-state index in [0.717, 1.165) is 23.3 Å². The van der Waals surface area contributed by atoms with E-state index in [9.17, 15) is 0 Å². The molecule has 2 nitrogen and oxygen atoms in total. The van der Waals surface area contributed by atoms with E-state index in [1.807, 2.05) is 19.1 Å². The summed E-state index contributed by atoms with van der Waals surface area (Å²) in [4.78, 5) is 2.28. The third-order valence-corrected chi connectivity index (χ3v) is 3.24. The molecule has 0 aliphatic heterocycles. The summed E-state index contributed by atoms with van der Waals surface area (Å²) in [6.45, 7) is 3.85. The fourth-order valence-corrected chi connectivity index (χ4v) is 2.32. The molecule has 0 atom stereocenters. The van der Waals surface area contributed by atoms with Gasteiger partial charge in [0, 0.05) is 23.1 Å². The Morgan fingerprint density at radius 1 is 1.24 bits per heavy atom. The standard InChI is InChI=1S/C14H16BrNO/c1-11-13(6-7-17-11)10-16(2)9-12-4-3-5-14(15)8-12/h3-8H,9-10H2,1-2H3. The monoisotopic (exact) mass is 293 g/mol. The van der Waals surface area contributed by atoms with Crippen molar-refractivity contribution in [1.29, 1.82) is 0 Å². The molecule has 1 heterocycles. The van der Waals surface area contributed by atoms with Crippen LogP contribution in [0.25, 0.3) is 0 Å². The quantitative estimate of drug-likeness (QED) is 0.848. The Balaban J connectivity index is 1.98. The SMILES string of the molecule is Cc1occc1CN(C)Cc1cccc(Br)c1. The Morgan fingerprint density at radius 3 is 2.71 bits per heavy atom. The zero-order valence-electron chi connectivity index (χ0n) is 10.1. The number of furan rings is 1. The van der Waals surface area contributed by atoms with Gasteiger partial charge in [0.25, 0.3) is 0 Å². The molecule has 17 heavy (non-hydrogen) atoms. The lowest BCUT2D eigenvalue weighted by Crippen LogP contribution is -2.17. The molecule has 90 valence electrons. The van der Waals surface area contributed by atoms with Crippen LogP contribution in [0.1, 0.15) is 16.9 Å². The van der Waals surface area contributed by atoms with Crippen molar-refractivity contribution in [2.45, 2.75) is 20.0 Å². The predicted octanol–water partition coefficient (Wildman–Crippen LogP) is 3.98. The maximum atomic E-state index is 5.30. The smallest absolute Gasteiger partial charge is 0.105 e. The van der Waals surface area contributed by atoms with E-state index in [4.69, 9.17) is 4.42 Å². The third kappa shape index (κ3) is 3.45. The average Bonchev–Trinajstić information content (AvgIpc) is 2.64. The fraction of sp³-hybridized carbons (Fsp3) is 0.286. The Bertz CT molecular complexity index is 492. The second-order valence-corrected chi connectivity index (χ2v) is 5.22. The molecule has 0 spiro atoms.